The lowest BCUT2D eigenvalue weighted by Crippen LogP contribution is -2.44. The smallest absolute Gasteiger partial charge is 0.392 e. The van der Waals surface area contributed by atoms with E-state index in [0.717, 1.165) is 6.54 Å². The fraction of sp³-hybridized carbons (Fsp3) is 0.867. The summed E-state index contributed by atoms with van der Waals surface area (Å²) >= 11 is 4.27. The van der Waals surface area contributed by atoms with Gasteiger partial charge in [-0.05, 0) is 25.5 Å². The van der Waals surface area contributed by atoms with Crippen LogP contribution in [0.1, 0.15) is 32.1 Å². The van der Waals surface area contributed by atoms with Crippen LogP contribution in [-0.2, 0) is 4.74 Å². The minimum atomic E-state index is -0.388. The van der Waals surface area contributed by atoms with Gasteiger partial charge in [0.05, 0.1) is 38.8 Å². The summed E-state index contributed by atoms with van der Waals surface area (Å²) < 4.78 is 10.1. The number of hydrogen-bond acceptors (Lipinski definition) is 3. The fourth-order valence-corrected chi connectivity index (χ4v) is 2.93. The van der Waals surface area contributed by atoms with Crippen molar-refractivity contribution in [1.29, 1.82) is 0 Å². The van der Waals surface area contributed by atoms with Gasteiger partial charge in [0.15, 0.2) is 6.21 Å². The highest BCUT2D eigenvalue weighted by molar-refractivity contribution is 7.96. The van der Waals surface area contributed by atoms with Gasteiger partial charge in [-0.2, -0.15) is 0 Å². The van der Waals surface area contributed by atoms with E-state index >= 15 is 0 Å². The van der Waals surface area contributed by atoms with Gasteiger partial charge in [-0.15, -0.1) is 0 Å². The van der Waals surface area contributed by atoms with Crippen molar-refractivity contribution < 1.29 is 9.84 Å². The summed E-state index contributed by atoms with van der Waals surface area (Å²) in [4.78, 5) is 1.82. The highest BCUT2D eigenvalue weighted by Gasteiger charge is 2.30. The number of aliphatic hydroxyl groups is 1. The first-order valence-corrected chi connectivity index (χ1v) is 8.31. The van der Waals surface area contributed by atoms with Gasteiger partial charge in [-0.1, -0.05) is 12.8 Å². The van der Waals surface area contributed by atoms with Crippen LogP contribution in [0.5, 0.6) is 0 Å². The molecule has 2 rings (SSSR count). The number of nitrogens with one attached hydrogen (secondary N) is 1. The SMILES string of the molecule is CN(C)C(S)=[N+]=CC1COC(CNC2CCCC2)CC1O. The third kappa shape index (κ3) is 5.31. The first kappa shape index (κ1) is 16.8. The van der Waals surface area contributed by atoms with Crippen molar-refractivity contribution >= 4 is 24.0 Å². The molecule has 3 atom stereocenters. The second-order valence-corrected chi connectivity index (χ2v) is 6.68. The van der Waals surface area contributed by atoms with Crippen LogP contribution in [0, 0.1) is 5.92 Å². The molecule has 0 spiro atoms. The van der Waals surface area contributed by atoms with E-state index in [1.54, 1.807) is 6.21 Å². The lowest BCUT2D eigenvalue weighted by molar-refractivity contribution is -0.0612. The van der Waals surface area contributed by atoms with E-state index in [9.17, 15) is 5.11 Å². The number of hydrogen-bond donors (Lipinski definition) is 3. The molecule has 1 saturated heterocycles. The second-order valence-electron chi connectivity index (χ2n) is 6.28. The fourth-order valence-electron chi connectivity index (χ4n) is 2.86. The predicted octanol–water partition coefficient (Wildman–Crippen LogP) is 0.270. The molecule has 0 aromatic rings. The molecule has 0 amide bonds. The zero-order valence-electron chi connectivity index (χ0n) is 13.0. The third-order valence-electron chi connectivity index (χ3n) is 4.29. The van der Waals surface area contributed by atoms with E-state index in [1.165, 1.54) is 25.7 Å². The highest BCUT2D eigenvalue weighted by atomic mass is 32.1. The van der Waals surface area contributed by atoms with Crippen molar-refractivity contribution in [2.75, 3.05) is 27.2 Å². The maximum Gasteiger partial charge on any atom is 0.402 e. The molecular formula is C15H28N3O2S+. The Balaban J connectivity index is 1.77. The van der Waals surface area contributed by atoms with Crippen molar-refractivity contribution in [3.8, 4) is 0 Å². The van der Waals surface area contributed by atoms with Crippen LogP contribution < -0.4 is 9.98 Å². The Kier molecular flexibility index (Phi) is 6.58. The summed E-state index contributed by atoms with van der Waals surface area (Å²) in [6.45, 7) is 1.36. The predicted molar refractivity (Wildman–Crippen MR) is 90.0 cm³/mol. The first-order valence-electron chi connectivity index (χ1n) is 7.86. The summed E-state index contributed by atoms with van der Waals surface area (Å²) in [6.07, 6.45) is 7.36. The summed E-state index contributed by atoms with van der Waals surface area (Å²) in [7, 11) is 3.77. The molecule has 0 bridgehead atoms. The average Bonchev–Trinajstić information content (AvgIpc) is 2.97. The van der Waals surface area contributed by atoms with Crippen molar-refractivity contribution in [2.24, 2.45) is 5.92 Å². The molecule has 3 unspecified atom stereocenters. The van der Waals surface area contributed by atoms with Gasteiger partial charge in [0.2, 0.25) is 0 Å². The second kappa shape index (κ2) is 8.20. The Labute approximate surface area is 132 Å². The summed E-state index contributed by atoms with van der Waals surface area (Å²) in [5.41, 5.74) is 0. The quantitative estimate of drug-likeness (QED) is 0.302. The van der Waals surface area contributed by atoms with Crippen molar-refractivity contribution in [1.82, 2.24) is 14.9 Å². The average molecular weight is 314 g/mol. The number of ether oxygens (including phenoxy) is 1. The topological polar surface area (TPSA) is 58.8 Å². The molecule has 1 saturated carbocycles. The maximum absolute atomic E-state index is 10.2. The van der Waals surface area contributed by atoms with Gasteiger partial charge in [0, 0.05) is 19.0 Å². The Morgan fingerprint density at radius 2 is 2.14 bits per heavy atom. The molecule has 2 aliphatic rings. The summed E-state index contributed by atoms with van der Waals surface area (Å²) in [5, 5.41) is 14.4. The molecule has 0 aromatic heterocycles. The number of nitrogens with zero attached hydrogens (tertiary/aromatic N) is 2. The van der Waals surface area contributed by atoms with E-state index in [2.05, 4.69) is 22.6 Å². The molecule has 2 fully saturated rings. The summed E-state index contributed by atoms with van der Waals surface area (Å²) in [5.74, 6) is -0.0465. The molecule has 120 valence electrons. The van der Waals surface area contributed by atoms with E-state index in [4.69, 9.17) is 4.74 Å². The van der Waals surface area contributed by atoms with E-state index in [0.29, 0.717) is 24.2 Å². The molecule has 1 aliphatic carbocycles. The normalized spacial score (nSPS) is 30.0. The molecule has 2 N–H and O–H groups in total. The number of rotatable bonds is 4. The van der Waals surface area contributed by atoms with Crippen LogP contribution in [0.15, 0.2) is 0 Å². The maximum atomic E-state index is 10.2. The summed E-state index contributed by atoms with van der Waals surface area (Å²) in [6, 6.07) is 0.645. The zero-order chi connectivity index (χ0) is 15.2. The van der Waals surface area contributed by atoms with E-state index < -0.39 is 0 Å². The highest BCUT2D eigenvalue weighted by Crippen LogP contribution is 2.20. The monoisotopic (exact) mass is 314 g/mol. The molecule has 21 heavy (non-hydrogen) atoms. The van der Waals surface area contributed by atoms with Crippen LogP contribution in [0.3, 0.4) is 0 Å². The van der Waals surface area contributed by atoms with Crippen LogP contribution in [0.25, 0.3) is 0 Å². The van der Waals surface area contributed by atoms with Crippen molar-refractivity contribution in [3.05, 3.63) is 0 Å². The largest absolute Gasteiger partial charge is 0.402 e. The Hall–Kier alpha value is -0.520. The molecular weight excluding hydrogens is 286 g/mol. The van der Waals surface area contributed by atoms with E-state index in [1.807, 2.05) is 19.0 Å². The van der Waals surface area contributed by atoms with Crippen LogP contribution in [-0.4, -0.2) is 66.9 Å². The van der Waals surface area contributed by atoms with Crippen LogP contribution in [0.2, 0.25) is 0 Å². The van der Waals surface area contributed by atoms with Crippen molar-refractivity contribution in [3.63, 3.8) is 0 Å². The van der Waals surface area contributed by atoms with Gasteiger partial charge < -0.3 is 15.2 Å². The number of thiol groups is 1. The minimum Gasteiger partial charge on any atom is -0.392 e. The number of amidine groups is 1. The molecule has 6 heteroatoms. The minimum absolute atomic E-state index is 0.0465. The lowest BCUT2D eigenvalue weighted by Gasteiger charge is -2.31. The Bertz CT molecular complexity index is 390. The Morgan fingerprint density at radius 1 is 1.43 bits per heavy atom. The van der Waals surface area contributed by atoms with Crippen LogP contribution >= 0.6 is 12.6 Å². The van der Waals surface area contributed by atoms with Gasteiger partial charge in [-0.3, -0.25) is 0 Å². The Morgan fingerprint density at radius 3 is 2.76 bits per heavy atom. The van der Waals surface area contributed by atoms with E-state index in [-0.39, 0.29) is 18.1 Å². The zero-order valence-corrected chi connectivity index (χ0v) is 13.9. The van der Waals surface area contributed by atoms with Gasteiger partial charge in [0.1, 0.15) is 0 Å². The number of aliphatic hydroxyl groups excluding tert-OH is 1. The van der Waals surface area contributed by atoms with Gasteiger partial charge >= 0.3 is 5.17 Å². The van der Waals surface area contributed by atoms with Crippen molar-refractivity contribution in [2.45, 2.75) is 50.4 Å². The molecule has 1 heterocycles. The van der Waals surface area contributed by atoms with Gasteiger partial charge in [0.25, 0.3) is 0 Å². The molecule has 0 radical (unpaired) electrons. The molecule has 1 aliphatic heterocycles. The molecule has 0 aromatic carbocycles. The molecule has 5 nitrogen and oxygen atoms in total. The lowest BCUT2D eigenvalue weighted by atomic mass is 9.96. The standard InChI is InChI=1S/C15H27N3O2S/c1-18(2)15(21)17-8-11-10-20-13(7-14(11)19)9-16-12-5-3-4-6-12/h8,11-14,16,19H,3-7,9-10H2,1-2H3/p+1. The first-order chi connectivity index (χ1) is 10.1. The van der Waals surface area contributed by atoms with Gasteiger partial charge in [-0.25, -0.2) is 9.57 Å². The third-order valence-corrected chi connectivity index (χ3v) is 4.81. The van der Waals surface area contributed by atoms with Crippen LogP contribution in [0.4, 0.5) is 0 Å².